The highest BCUT2D eigenvalue weighted by Gasteiger charge is 2.16. The van der Waals surface area contributed by atoms with E-state index in [0.29, 0.717) is 13.1 Å². The van der Waals surface area contributed by atoms with Gasteiger partial charge < -0.3 is 15.2 Å². The van der Waals surface area contributed by atoms with Crippen LogP contribution in [-0.4, -0.2) is 30.9 Å². The normalized spacial score (nSPS) is 13.7. The number of benzene rings is 1. The molecule has 0 amide bonds. The van der Waals surface area contributed by atoms with Crippen LogP contribution >= 0.6 is 15.9 Å². The Bertz CT molecular complexity index is 355. The molecule has 96 valence electrons. The van der Waals surface area contributed by atoms with Gasteiger partial charge in [0, 0.05) is 24.7 Å². The van der Waals surface area contributed by atoms with Crippen molar-refractivity contribution in [1.82, 2.24) is 5.32 Å². The first-order valence-corrected chi connectivity index (χ1v) is 6.43. The lowest BCUT2D eigenvalue weighted by Crippen LogP contribution is -2.38. The Kier molecular flexibility index (Phi) is 5.59. The van der Waals surface area contributed by atoms with Crippen LogP contribution in [0.1, 0.15) is 25.5 Å². The van der Waals surface area contributed by atoms with Crippen LogP contribution < -0.4 is 5.32 Å². The maximum absolute atomic E-state index is 9.99. The molecule has 1 aromatic rings. The molecular weight excluding hydrogens is 282 g/mol. The Morgan fingerprint density at radius 3 is 2.76 bits per heavy atom. The Labute approximate surface area is 111 Å². The summed E-state index contributed by atoms with van der Waals surface area (Å²) < 4.78 is 6.27. The average molecular weight is 302 g/mol. The van der Waals surface area contributed by atoms with Crippen LogP contribution in [-0.2, 0) is 4.74 Å². The number of aliphatic hydroxyl groups is 1. The van der Waals surface area contributed by atoms with Gasteiger partial charge in [-0.1, -0.05) is 28.1 Å². The molecule has 0 fully saturated rings. The molecule has 4 heteroatoms. The van der Waals surface area contributed by atoms with Gasteiger partial charge in [0.1, 0.15) is 0 Å². The van der Waals surface area contributed by atoms with E-state index in [0.717, 1.165) is 10.0 Å². The molecule has 0 saturated heterocycles. The largest absolute Gasteiger partial charge is 0.387 e. The molecule has 2 N–H and O–H groups in total. The second-order valence-electron chi connectivity index (χ2n) is 4.67. The number of ether oxygens (including phenoxy) is 1. The minimum atomic E-state index is -0.500. The molecule has 0 aliphatic heterocycles. The van der Waals surface area contributed by atoms with Crippen molar-refractivity contribution < 1.29 is 9.84 Å². The predicted octanol–water partition coefficient (Wildman–Crippen LogP) is 2.50. The average Bonchev–Trinajstić information content (AvgIpc) is 2.28. The molecule has 3 nitrogen and oxygen atoms in total. The van der Waals surface area contributed by atoms with Crippen LogP contribution in [0.25, 0.3) is 0 Å². The number of hydrogen-bond donors (Lipinski definition) is 2. The Balaban J connectivity index is 2.42. The van der Waals surface area contributed by atoms with Crippen molar-refractivity contribution in [1.29, 1.82) is 0 Å². The van der Waals surface area contributed by atoms with Crippen LogP contribution in [0, 0.1) is 0 Å². The highest BCUT2D eigenvalue weighted by Crippen LogP contribution is 2.17. The highest BCUT2D eigenvalue weighted by atomic mass is 79.9. The van der Waals surface area contributed by atoms with E-state index in [1.165, 1.54) is 0 Å². The van der Waals surface area contributed by atoms with Crippen LogP contribution in [0.15, 0.2) is 28.7 Å². The molecule has 17 heavy (non-hydrogen) atoms. The zero-order chi connectivity index (χ0) is 12.9. The molecule has 0 radical (unpaired) electrons. The van der Waals surface area contributed by atoms with Crippen LogP contribution in [0.2, 0.25) is 0 Å². The van der Waals surface area contributed by atoms with Crippen molar-refractivity contribution >= 4 is 15.9 Å². The second-order valence-corrected chi connectivity index (χ2v) is 5.58. The van der Waals surface area contributed by atoms with Gasteiger partial charge in [0.2, 0.25) is 0 Å². The maximum atomic E-state index is 9.99. The van der Waals surface area contributed by atoms with Crippen LogP contribution in [0.5, 0.6) is 0 Å². The second kappa shape index (κ2) is 6.50. The molecule has 0 saturated carbocycles. The lowest BCUT2D eigenvalue weighted by molar-refractivity contribution is 0.0207. The first-order valence-electron chi connectivity index (χ1n) is 5.64. The molecule has 0 heterocycles. The monoisotopic (exact) mass is 301 g/mol. The third kappa shape index (κ3) is 5.17. The third-order valence-corrected chi connectivity index (χ3v) is 3.17. The smallest absolute Gasteiger partial charge is 0.0914 e. The van der Waals surface area contributed by atoms with Gasteiger partial charge in [0.25, 0.3) is 0 Å². The summed E-state index contributed by atoms with van der Waals surface area (Å²) in [6.45, 7) is 5.23. The fraction of sp³-hybridized carbons (Fsp3) is 0.538. The zero-order valence-corrected chi connectivity index (χ0v) is 12.1. The zero-order valence-electron chi connectivity index (χ0n) is 10.5. The van der Waals surface area contributed by atoms with Gasteiger partial charge in [-0.2, -0.15) is 0 Å². The van der Waals surface area contributed by atoms with E-state index in [1.54, 1.807) is 7.11 Å². The van der Waals surface area contributed by atoms with Gasteiger partial charge in [0.15, 0.2) is 0 Å². The van der Waals surface area contributed by atoms with Crippen LogP contribution in [0.4, 0.5) is 0 Å². The minimum absolute atomic E-state index is 0.211. The van der Waals surface area contributed by atoms with Crippen molar-refractivity contribution in [2.45, 2.75) is 25.6 Å². The molecule has 1 rings (SSSR count). The van der Waals surface area contributed by atoms with Gasteiger partial charge in [0.05, 0.1) is 11.7 Å². The summed E-state index contributed by atoms with van der Waals surface area (Å²) in [6, 6.07) is 7.70. The van der Waals surface area contributed by atoms with E-state index in [2.05, 4.69) is 21.2 Å². The molecular formula is C13H20BrNO2. The quantitative estimate of drug-likeness (QED) is 0.848. The summed E-state index contributed by atoms with van der Waals surface area (Å²) in [6.07, 6.45) is -0.500. The number of halogens is 1. The van der Waals surface area contributed by atoms with Crippen molar-refractivity contribution in [3.63, 3.8) is 0 Å². The molecule has 0 bridgehead atoms. The van der Waals surface area contributed by atoms with Gasteiger partial charge >= 0.3 is 0 Å². The van der Waals surface area contributed by atoms with Crippen molar-refractivity contribution in [2.24, 2.45) is 0 Å². The molecule has 0 spiro atoms. The SMILES string of the molecule is COC(C)(C)CNCC(O)c1cccc(Br)c1. The Morgan fingerprint density at radius 2 is 2.18 bits per heavy atom. The summed E-state index contributed by atoms with van der Waals surface area (Å²) in [7, 11) is 1.69. The van der Waals surface area contributed by atoms with E-state index in [9.17, 15) is 5.11 Å². The number of methoxy groups -OCH3 is 1. The summed E-state index contributed by atoms with van der Waals surface area (Å²) >= 11 is 3.39. The number of nitrogens with one attached hydrogen (secondary N) is 1. The third-order valence-electron chi connectivity index (χ3n) is 2.67. The van der Waals surface area contributed by atoms with E-state index in [4.69, 9.17) is 4.74 Å². The van der Waals surface area contributed by atoms with Crippen LogP contribution in [0.3, 0.4) is 0 Å². The molecule has 1 unspecified atom stereocenters. The van der Waals surface area contributed by atoms with E-state index in [-0.39, 0.29) is 5.60 Å². The topological polar surface area (TPSA) is 41.5 Å². The Morgan fingerprint density at radius 1 is 1.47 bits per heavy atom. The number of hydrogen-bond acceptors (Lipinski definition) is 3. The van der Waals surface area contributed by atoms with Crippen molar-refractivity contribution in [3.05, 3.63) is 34.3 Å². The first-order chi connectivity index (χ1) is 7.94. The summed E-state index contributed by atoms with van der Waals surface area (Å²) in [5, 5.41) is 13.2. The molecule has 0 aliphatic rings. The molecule has 0 aliphatic carbocycles. The fourth-order valence-corrected chi connectivity index (χ4v) is 1.83. The van der Waals surface area contributed by atoms with E-state index in [1.807, 2.05) is 38.1 Å². The van der Waals surface area contributed by atoms with E-state index < -0.39 is 6.10 Å². The maximum Gasteiger partial charge on any atom is 0.0914 e. The highest BCUT2D eigenvalue weighted by molar-refractivity contribution is 9.10. The number of aliphatic hydroxyl groups excluding tert-OH is 1. The fourth-order valence-electron chi connectivity index (χ4n) is 1.41. The molecule has 0 aromatic heterocycles. The standard InChI is InChI=1S/C13H20BrNO2/c1-13(2,17-3)9-15-8-12(16)10-5-4-6-11(14)7-10/h4-7,12,15-16H,8-9H2,1-3H3. The first kappa shape index (κ1) is 14.6. The summed E-state index contributed by atoms with van der Waals surface area (Å²) in [5.41, 5.74) is 0.693. The van der Waals surface area contributed by atoms with Crippen molar-refractivity contribution in [2.75, 3.05) is 20.2 Å². The van der Waals surface area contributed by atoms with Gasteiger partial charge in [-0.05, 0) is 31.5 Å². The van der Waals surface area contributed by atoms with Gasteiger partial charge in [-0.25, -0.2) is 0 Å². The van der Waals surface area contributed by atoms with E-state index >= 15 is 0 Å². The van der Waals surface area contributed by atoms with Gasteiger partial charge in [-0.3, -0.25) is 0 Å². The van der Waals surface area contributed by atoms with Gasteiger partial charge in [-0.15, -0.1) is 0 Å². The molecule has 1 aromatic carbocycles. The molecule has 1 atom stereocenters. The summed E-state index contributed by atoms with van der Waals surface area (Å²) in [5.74, 6) is 0. The number of rotatable bonds is 6. The lowest BCUT2D eigenvalue weighted by atomic mass is 10.1. The lowest BCUT2D eigenvalue weighted by Gasteiger charge is -2.24. The minimum Gasteiger partial charge on any atom is -0.387 e. The van der Waals surface area contributed by atoms with Crippen molar-refractivity contribution in [3.8, 4) is 0 Å². The summed E-state index contributed by atoms with van der Waals surface area (Å²) in [4.78, 5) is 0. The predicted molar refractivity (Wildman–Crippen MR) is 73.1 cm³/mol. The Hall–Kier alpha value is -0.420.